The van der Waals surface area contributed by atoms with E-state index in [4.69, 9.17) is 0 Å². The van der Waals surface area contributed by atoms with Crippen molar-refractivity contribution in [2.24, 2.45) is 0 Å². The maximum absolute atomic E-state index is 4.47. The molecule has 0 N–H and O–H groups in total. The molecule has 2 aromatic carbocycles. The van der Waals surface area contributed by atoms with Crippen LogP contribution in [0.1, 0.15) is 5.01 Å². The number of thiazole rings is 1. The van der Waals surface area contributed by atoms with E-state index in [1.54, 1.807) is 11.3 Å². The van der Waals surface area contributed by atoms with Crippen LogP contribution >= 0.6 is 11.3 Å². The van der Waals surface area contributed by atoms with Crippen LogP contribution in [0.2, 0.25) is 0 Å². The van der Waals surface area contributed by atoms with Crippen molar-refractivity contribution in [1.82, 2.24) is 4.98 Å². The van der Waals surface area contributed by atoms with Crippen molar-refractivity contribution in [2.45, 2.75) is 6.92 Å². The van der Waals surface area contributed by atoms with Gasteiger partial charge in [0, 0.05) is 37.4 Å². The van der Waals surface area contributed by atoms with Gasteiger partial charge in [-0.05, 0) is 6.92 Å². The molecule has 0 unspecified atom stereocenters. The Morgan fingerprint density at radius 2 is 2.13 bits per heavy atom. The van der Waals surface area contributed by atoms with Gasteiger partial charge in [0.1, 0.15) is 0 Å². The van der Waals surface area contributed by atoms with Crippen molar-refractivity contribution >= 4 is 32.3 Å². The normalized spacial score (nSPS) is 10.5. The van der Waals surface area contributed by atoms with Crippen LogP contribution in [0.5, 0.6) is 0 Å². The Balaban J connectivity index is 0.000000853. The van der Waals surface area contributed by atoms with Crippen LogP contribution in [0.3, 0.4) is 0 Å². The van der Waals surface area contributed by atoms with E-state index >= 15 is 0 Å². The first-order chi connectivity index (χ1) is 6.84. The maximum atomic E-state index is 4.47. The number of rotatable bonds is 0. The third-order valence-corrected chi connectivity index (χ3v) is 3.32. The molecule has 0 aliphatic rings. The fraction of sp³-hybridized carbons (Fsp3) is 0.0833. The number of aryl methyl sites for hydroxylation is 1. The Morgan fingerprint density at radius 3 is 3.00 bits per heavy atom. The van der Waals surface area contributed by atoms with Crippen molar-refractivity contribution in [3.05, 3.63) is 41.4 Å². The minimum absolute atomic E-state index is 0. The molecular weight excluding hydrogens is 279 g/mol. The summed E-state index contributed by atoms with van der Waals surface area (Å²) in [7, 11) is 0. The minimum Gasteiger partial charge on any atom is -0.243 e. The molecule has 1 nitrogen and oxygen atoms in total. The second-order valence-electron chi connectivity index (χ2n) is 3.28. The Bertz CT molecular complexity index is 615. The average Bonchev–Trinajstić information content (AvgIpc) is 2.59. The van der Waals surface area contributed by atoms with Gasteiger partial charge in [-0.2, -0.15) is 0 Å². The summed E-state index contributed by atoms with van der Waals surface area (Å²) in [6.45, 7) is 2.04. The standard InChI is InChI=1S/C12H8NS.Y/c1-8-13-11-7-6-9-4-2-3-5-10(9)12(11)14-8;/h2-3,5-7H,1H3;/q-1;. The number of hydrogen-bond donors (Lipinski definition) is 0. The van der Waals surface area contributed by atoms with E-state index in [1.165, 1.54) is 15.5 Å². The largest absolute Gasteiger partial charge is 0.243 e. The van der Waals surface area contributed by atoms with Crippen LogP contribution in [0, 0.1) is 13.0 Å². The van der Waals surface area contributed by atoms with Gasteiger partial charge < -0.3 is 0 Å². The van der Waals surface area contributed by atoms with E-state index in [1.807, 2.05) is 19.1 Å². The van der Waals surface area contributed by atoms with E-state index in [9.17, 15) is 0 Å². The van der Waals surface area contributed by atoms with Crippen molar-refractivity contribution < 1.29 is 32.7 Å². The van der Waals surface area contributed by atoms with Gasteiger partial charge in [0.25, 0.3) is 0 Å². The summed E-state index contributed by atoms with van der Waals surface area (Å²) in [5, 5.41) is 3.55. The summed E-state index contributed by atoms with van der Waals surface area (Å²) in [5.74, 6) is 0. The molecule has 1 radical (unpaired) electrons. The summed E-state index contributed by atoms with van der Waals surface area (Å²) in [5.41, 5.74) is 1.10. The molecule has 3 rings (SSSR count). The molecule has 71 valence electrons. The van der Waals surface area contributed by atoms with Crippen molar-refractivity contribution in [3.63, 3.8) is 0 Å². The number of aromatic nitrogens is 1. The fourth-order valence-corrected chi connectivity index (χ4v) is 2.64. The predicted molar refractivity (Wildman–Crippen MR) is 60.7 cm³/mol. The first-order valence-electron chi connectivity index (χ1n) is 4.51. The van der Waals surface area contributed by atoms with Crippen LogP contribution in [-0.2, 0) is 32.7 Å². The third kappa shape index (κ3) is 1.86. The van der Waals surface area contributed by atoms with Gasteiger partial charge in [0.2, 0.25) is 0 Å². The van der Waals surface area contributed by atoms with Gasteiger partial charge in [-0.25, -0.2) is 4.98 Å². The Kier molecular flexibility index (Phi) is 3.20. The monoisotopic (exact) mass is 287 g/mol. The van der Waals surface area contributed by atoms with Gasteiger partial charge >= 0.3 is 0 Å². The fourth-order valence-electron chi connectivity index (χ4n) is 1.70. The SMILES string of the molecule is Cc1nc2ccc3[c-]cccc3c2s1.[Y]. The van der Waals surface area contributed by atoms with E-state index in [2.05, 4.69) is 29.2 Å². The average molecular weight is 287 g/mol. The number of nitrogens with zero attached hydrogens (tertiary/aromatic N) is 1. The first kappa shape index (κ1) is 11.2. The molecule has 0 amide bonds. The molecule has 3 aromatic rings. The van der Waals surface area contributed by atoms with Crippen LogP contribution in [0.25, 0.3) is 21.0 Å². The van der Waals surface area contributed by atoms with Crippen molar-refractivity contribution in [3.8, 4) is 0 Å². The molecule has 3 heteroatoms. The van der Waals surface area contributed by atoms with Gasteiger partial charge in [0.15, 0.2) is 0 Å². The molecule has 15 heavy (non-hydrogen) atoms. The van der Waals surface area contributed by atoms with Crippen LogP contribution in [0.4, 0.5) is 0 Å². The predicted octanol–water partition coefficient (Wildman–Crippen LogP) is 3.56. The second-order valence-corrected chi connectivity index (χ2v) is 4.48. The number of hydrogen-bond acceptors (Lipinski definition) is 2. The van der Waals surface area contributed by atoms with E-state index in [-0.39, 0.29) is 32.7 Å². The zero-order chi connectivity index (χ0) is 9.54. The quantitative estimate of drug-likeness (QED) is 0.576. The first-order valence-corrected chi connectivity index (χ1v) is 5.33. The smallest absolute Gasteiger partial charge is 0.0899 e. The molecular formula is C12H8NSY-. The molecule has 0 atom stereocenters. The molecule has 1 aromatic heterocycles. The zero-order valence-corrected chi connectivity index (χ0v) is 12.0. The minimum atomic E-state index is 0. The summed E-state index contributed by atoms with van der Waals surface area (Å²) < 4.78 is 1.27. The molecule has 0 spiro atoms. The molecule has 0 fully saturated rings. The topological polar surface area (TPSA) is 12.9 Å². The Morgan fingerprint density at radius 1 is 1.27 bits per heavy atom. The van der Waals surface area contributed by atoms with Crippen molar-refractivity contribution in [2.75, 3.05) is 0 Å². The maximum Gasteiger partial charge on any atom is 0.0899 e. The number of fused-ring (bicyclic) bond motifs is 3. The Labute approximate surface area is 117 Å². The third-order valence-electron chi connectivity index (χ3n) is 2.30. The molecule has 0 saturated carbocycles. The summed E-state index contributed by atoms with van der Waals surface area (Å²) in [6, 6.07) is 13.5. The van der Waals surface area contributed by atoms with Gasteiger partial charge in [0.05, 0.1) is 10.5 Å². The molecule has 1 heterocycles. The van der Waals surface area contributed by atoms with Gasteiger partial charge in [-0.3, -0.25) is 0 Å². The number of benzene rings is 2. The van der Waals surface area contributed by atoms with Crippen LogP contribution < -0.4 is 0 Å². The zero-order valence-electron chi connectivity index (χ0n) is 8.32. The van der Waals surface area contributed by atoms with Gasteiger partial charge in [-0.15, -0.1) is 47.1 Å². The summed E-state index contributed by atoms with van der Waals surface area (Å²) in [6.07, 6.45) is 0. The molecule has 0 aliphatic carbocycles. The van der Waals surface area contributed by atoms with E-state index in [0.717, 1.165) is 10.5 Å². The summed E-state index contributed by atoms with van der Waals surface area (Å²) >= 11 is 1.75. The summed E-state index contributed by atoms with van der Waals surface area (Å²) in [4.78, 5) is 4.47. The van der Waals surface area contributed by atoms with Crippen molar-refractivity contribution in [1.29, 1.82) is 0 Å². The van der Waals surface area contributed by atoms with E-state index in [0.29, 0.717) is 0 Å². The van der Waals surface area contributed by atoms with Crippen LogP contribution in [0.15, 0.2) is 30.3 Å². The van der Waals surface area contributed by atoms with Gasteiger partial charge in [-0.1, -0.05) is 11.5 Å². The molecule has 0 saturated heterocycles. The second kappa shape index (κ2) is 4.28. The Hall–Kier alpha value is -0.306. The molecule has 0 aliphatic heterocycles. The van der Waals surface area contributed by atoms with E-state index < -0.39 is 0 Å². The van der Waals surface area contributed by atoms with Crippen LogP contribution in [-0.4, -0.2) is 4.98 Å². The molecule has 0 bridgehead atoms.